The van der Waals surface area contributed by atoms with Crippen molar-refractivity contribution >= 4 is 15.7 Å². The van der Waals surface area contributed by atoms with Crippen LogP contribution in [-0.4, -0.2) is 51.4 Å². The molecule has 1 fully saturated rings. The first-order chi connectivity index (χ1) is 9.71. The summed E-state index contributed by atoms with van der Waals surface area (Å²) < 4.78 is 40.0. The van der Waals surface area contributed by atoms with E-state index in [2.05, 4.69) is 4.90 Å². The van der Waals surface area contributed by atoms with Crippen molar-refractivity contribution in [3.05, 3.63) is 23.5 Å². The maximum absolute atomic E-state index is 13.7. The average molecular weight is 315 g/mol. The monoisotopic (exact) mass is 315 g/mol. The zero-order valence-electron chi connectivity index (χ0n) is 12.6. The first-order valence-corrected chi connectivity index (χ1v) is 8.36. The molecule has 0 radical (unpaired) electrons. The van der Waals surface area contributed by atoms with Crippen LogP contribution in [0.25, 0.3) is 0 Å². The number of anilines is 1. The van der Waals surface area contributed by atoms with E-state index < -0.39 is 15.8 Å². The van der Waals surface area contributed by atoms with Gasteiger partial charge in [-0.1, -0.05) is 0 Å². The molecule has 0 amide bonds. The molecule has 1 aromatic rings. The maximum atomic E-state index is 13.7. The van der Waals surface area contributed by atoms with Crippen molar-refractivity contribution in [3.63, 3.8) is 0 Å². The molecule has 1 saturated heterocycles. The molecular weight excluding hydrogens is 293 g/mol. The van der Waals surface area contributed by atoms with Gasteiger partial charge in [-0.3, -0.25) is 0 Å². The molecule has 0 aromatic heterocycles. The molecule has 2 N–H and O–H groups in total. The SMILES string of the molecule is Cc1c(N)cc(S(=O)(=O)N(C)CC2CCN(C)C2)cc1F. The molecule has 5 nitrogen and oxygen atoms in total. The van der Waals surface area contributed by atoms with E-state index in [1.807, 2.05) is 7.05 Å². The summed E-state index contributed by atoms with van der Waals surface area (Å²) in [6, 6.07) is 2.36. The number of rotatable bonds is 4. The number of likely N-dealkylation sites (tertiary alicyclic amines) is 1. The Morgan fingerprint density at radius 2 is 2.14 bits per heavy atom. The predicted molar refractivity (Wildman–Crippen MR) is 81.0 cm³/mol. The molecular formula is C14H22FN3O2S. The Labute approximate surface area is 125 Å². The summed E-state index contributed by atoms with van der Waals surface area (Å²) in [6.07, 6.45) is 0.973. The summed E-state index contributed by atoms with van der Waals surface area (Å²) >= 11 is 0. The lowest BCUT2D eigenvalue weighted by Gasteiger charge is -2.21. The van der Waals surface area contributed by atoms with Crippen LogP contribution in [0, 0.1) is 18.7 Å². The van der Waals surface area contributed by atoms with Crippen molar-refractivity contribution in [1.29, 1.82) is 0 Å². The van der Waals surface area contributed by atoms with E-state index in [4.69, 9.17) is 5.73 Å². The molecule has 0 aliphatic carbocycles. The summed E-state index contributed by atoms with van der Waals surface area (Å²) in [5.74, 6) is -0.287. The van der Waals surface area contributed by atoms with Gasteiger partial charge >= 0.3 is 0 Å². The van der Waals surface area contributed by atoms with Crippen LogP contribution >= 0.6 is 0 Å². The zero-order chi connectivity index (χ0) is 15.8. The van der Waals surface area contributed by atoms with Crippen LogP contribution in [0.5, 0.6) is 0 Å². The fourth-order valence-corrected chi connectivity index (χ4v) is 3.94. The molecule has 1 aliphatic heterocycles. The smallest absolute Gasteiger partial charge is 0.243 e. The molecule has 0 saturated carbocycles. The second-order valence-corrected chi connectivity index (χ2v) is 7.87. The van der Waals surface area contributed by atoms with Crippen LogP contribution in [0.4, 0.5) is 10.1 Å². The van der Waals surface area contributed by atoms with E-state index in [1.54, 1.807) is 0 Å². The highest BCUT2D eigenvalue weighted by Crippen LogP contribution is 2.24. The van der Waals surface area contributed by atoms with Gasteiger partial charge in [-0.2, -0.15) is 0 Å². The van der Waals surface area contributed by atoms with Crippen LogP contribution in [0.3, 0.4) is 0 Å². The Bertz CT molecular complexity index is 610. The van der Waals surface area contributed by atoms with Crippen molar-refractivity contribution in [2.24, 2.45) is 5.92 Å². The number of hydrogen-bond donors (Lipinski definition) is 1. The number of benzene rings is 1. The summed E-state index contributed by atoms with van der Waals surface area (Å²) in [5, 5.41) is 0. The van der Waals surface area contributed by atoms with E-state index in [-0.39, 0.29) is 16.1 Å². The Hall–Kier alpha value is -1.18. The number of nitrogens with two attached hydrogens (primary N) is 1. The van der Waals surface area contributed by atoms with Gasteiger partial charge in [0.25, 0.3) is 0 Å². The van der Waals surface area contributed by atoms with Gasteiger partial charge in [-0.25, -0.2) is 17.1 Å². The molecule has 1 atom stereocenters. The van der Waals surface area contributed by atoms with Crippen LogP contribution < -0.4 is 5.73 Å². The maximum Gasteiger partial charge on any atom is 0.243 e. The van der Waals surface area contributed by atoms with Gasteiger partial charge in [0, 0.05) is 31.4 Å². The Kier molecular flexibility index (Phi) is 4.55. The third kappa shape index (κ3) is 3.36. The third-order valence-corrected chi connectivity index (χ3v) is 5.87. The third-order valence-electron chi connectivity index (χ3n) is 4.07. The summed E-state index contributed by atoms with van der Waals surface area (Å²) in [6.45, 7) is 3.82. The van der Waals surface area contributed by atoms with E-state index in [1.165, 1.54) is 24.3 Å². The van der Waals surface area contributed by atoms with E-state index in [0.29, 0.717) is 12.5 Å². The number of nitrogen functional groups attached to an aromatic ring is 1. The van der Waals surface area contributed by atoms with Crippen molar-refractivity contribution in [3.8, 4) is 0 Å². The molecule has 1 heterocycles. The highest BCUT2D eigenvalue weighted by Gasteiger charge is 2.28. The number of halogens is 1. The second-order valence-electron chi connectivity index (χ2n) is 5.82. The molecule has 118 valence electrons. The molecule has 0 bridgehead atoms. The van der Waals surface area contributed by atoms with E-state index in [9.17, 15) is 12.8 Å². The van der Waals surface area contributed by atoms with Crippen molar-refractivity contribution < 1.29 is 12.8 Å². The van der Waals surface area contributed by atoms with Gasteiger partial charge in [-0.05, 0) is 45.0 Å². The molecule has 1 unspecified atom stereocenters. The van der Waals surface area contributed by atoms with Gasteiger partial charge in [0.15, 0.2) is 0 Å². The fourth-order valence-electron chi connectivity index (χ4n) is 2.64. The first-order valence-electron chi connectivity index (χ1n) is 6.92. The lowest BCUT2D eigenvalue weighted by atomic mass is 10.1. The average Bonchev–Trinajstić information content (AvgIpc) is 2.80. The lowest BCUT2D eigenvalue weighted by molar-refractivity contribution is 0.356. The topological polar surface area (TPSA) is 66.6 Å². The normalized spacial score (nSPS) is 20.3. The molecule has 1 aromatic carbocycles. The number of nitrogens with zero attached hydrogens (tertiary/aromatic N) is 2. The van der Waals surface area contributed by atoms with Crippen LogP contribution in [0.2, 0.25) is 0 Å². The second kappa shape index (κ2) is 5.90. The van der Waals surface area contributed by atoms with Crippen LogP contribution in [-0.2, 0) is 10.0 Å². The van der Waals surface area contributed by atoms with Crippen LogP contribution in [0.15, 0.2) is 17.0 Å². The first kappa shape index (κ1) is 16.2. The Morgan fingerprint density at radius 3 is 2.67 bits per heavy atom. The van der Waals surface area contributed by atoms with Crippen LogP contribution in [0.1, 0.15) is 12.0 Å². The van der Waals surface area contributed by atoms with Gasteiger partial charge in [0.05, 0.1) is 4.90 Å². The Balaban J connectivity index is 2.21. The van der Waals surface area contributed by atoms with Crippen molar-refractivity contribution in [2.75, 3.05) is 39.5 Å². The summed E-state index contributed by atoms with van der Waals surface area (Å²) in [5.41, 5.74) is 6.10. The predicted octanol–water partition coefficient (Wildman–Crippen LogP) is 1.29. The lowest BCUT2D eigenvalue weighted by Crippen LogP contribution is -2.33. The highest BCUT2D eigenvalue weighted by atomic mass is 32.2. The highest BCUT2D eigenvalue weighted by molar-refractivity contribution is 7.89. The van der Waals surface area contributed by atoms with Crippen molar-refractivity contribution in [2.45, 2.75) is 18.2 Å². The quantitative estimate of drug-likeness (QED) is 0.850. The molecule has 0 spiro atoms. The largest absolute Gasteiger partial charge is 0.398 e. The zero-order valence-corrected chi connectivity index (χ0v) is 13.5. The minimum absolute atomic E-state index is 0.0862. The van der Waals surface area contributed by atoms with E-state index in [0.717, 1.165) is 25.6 Å². The summed E-state index contributed by atoms with van der Waals surface area (Å²) in [7, 11) is -0.163. The van der Waals surface area contributed by atoms with Gasteiger partial charge in [0.2, 0.25) is 10.0 Å². The minimum Gasteiger partial charge on any atom is -0.398 e. The standard InChI is InChI=1S/C14H22FN3O2S/c1-10-13(15)6-12(7-14(10)16)21(19,20)18(3)9-11-4-5-17(2)8-11/h6-7,11H,4-5,8-9,16H2,1-3H3. The van der Waals surface area contributed by atoms with E-state index >= 15 is 0 Å². The molecule has 7 heteroatoms. The number of hydrogen-bond acceptors (Lipinski definition) is 4. The molecule has 21 heavy (non-hydrogen) atoms. The summed E-state index contributed by atoms with van der Waals surface area (Å²) in [4.78, 5) is 2.09. The molecule has 1 aliphatic rings. The Morgan fingerprint density at radius 1 is 1.48 bits per heavy atom. The fraction of sp³-hybridized carbons (Fsp3) is 0.571. The number of sulfonamides is 1. The van der Waals surface area contributed by atoms with Gasteiger partial charge in [0.1, 0.15) is 5.82 Å². The van der Waals surface area contributed by atoms with Gasteiger partial charge < -0.3 is 10.6 Å². The van der Waals surface area contributed by atoms with Crippen molar-refractivity contribution in [1.82, 2.24) is 9.21 Å². The molecule has 2 rings (SSSR count). The minimum atomic E-state index is -3.71. The van der Waals surface area contributed by atoms with Gasteiger partial charge in [-0.15, -0.1) is 0 Å².